The van der Waals surface area contributed by atoms with Gasteiger partial charge >= 0.3 is 11.9 Å². The molecule has 7 nitrogen and oxygen atoms in total. The zero-order chi connectivity index (χ0) is 19.2. The molecule has 3 aliphatic heterocycles. The minimum Gasteiger partial charge on any atom is -0.479 e. The lowest BCUT2D eigenvalue weighted by atomic mass is 9.82. The third kappa shape index (κ3) is 2.88. The van der Waals surface area contributed by atoms with Gasteiger partial charge in [-0.25, -0.2) is 9.59 Å². The Morgan fingerprint density at radius 3 is 2.77 bits per heavy atom. The summed E-state index contributed by atoms with van der Waals surface area (Å²) in [5.41, 5.74) is -0.631. The zero-order valence-corrected chi connectivity index (χ0v) is 14.6. The van der Waals surface area contributed by atoms with E-state index in [1.807, 2.05) is 0 Å². The SMILES string of the molecule is C=C(C)C(=O)O[C@H]1C[C@@]2(C)OC(=CC2=O)/C(CO)=C\[C@H]2OC(=O)C(=C)[C@H]12. The van der Waals surface area contributed by atoms with Crippen LogP contribution in [-0.2, 0) is 28.6 Å². The number of carbonyl (C=O) groups excluding carboxylic acids is 3. The molecule has 0 saturated carbocycles. The standard InChI is InChI=1S/C19H20O7/c1-9(2)17(22)25-14-7-19(4)15(21)6-12(26-19)11(8-20)5-13-16(14)10(3)18(23)24-13/h5-6,13-14,16,20H,1,3,7-8H2,2,4H3/b11-5-/t13-,14+,16+,19-/m1/s1. The van der Waals surface area contributed by atoms with Crippen LogP contribution in [-0.4, -0.2) is 47.2 Å². The second kappa shape index (κ2) is 6.25. The summed E-state index contributed by atoms with van der Waals surface area (Å²) in [5.74, 6) is -2.03. The normalized spacial score (nSPS) is 35.0. The van der Waals surface area contributed by atoms with Gasteiger partial charge in [-0.05, 0) is 19.9 Å². The first-order chi connectivity index (χ1) is 12.2. The van der Waals surface area contributed by atoms with Gasteiger partial charge in [0.05, 0.1) is 12.5 Å². The van der Waals surface area contributed by atoms with Crippen molar-refractivity contribution in [1.29, 1.82) is 0 Å². The highest BCUT2D eigenvalue weighted by atomic mass is 16.6. The maximum absolute atomic E-state index is 12.5. The third-order valence-corrected chi connectivity index (χ3v) is 4.83. The van der Waals surface area contributed by atoms with Crippen LogP contribution in [0.1, 0.15) is 20.3 Å². The molecule has 4 atom stereocenters. The first kappa shape index (κ1) is 18.1. The fourth-order valence-corrected chi connectivity index (χ4v) is 3.35. The van der Waals surface area contributed by atoms with Gasteiger partial charge in [-0.15, -0.1) is 0 Å². The number of ether oxygens (including phenoxy) is 3. The highest BCUT2D eigenvalue weighted by Crippen LogP contribution is 2.42. The molecule has 0 spiro atoms. The van der Waals surface area contributed by atoms with Crippen molar-refractivity contribution in [1.82, 2.24) is 0 Å². The molecule has 1 N–H and O–H groups in total. The van der Waals surface area contributed by atoms with E-state index in [0.29, 0.717) is 5.57 Å². The maximum Gasteiger partial charge on any atom is 0.334 e. The molecule has 2 bridgehead atoms. The van der Waals surface area contributed by atoms with E-state index in [9.17, 15) is 19.5 Å². The first-order valence-corrected chi connectivity index (χ1v) is 8.19. The summed E-state index contributed by atoms with van der Waals surface area (Å²) in [6, 6.07) is 0. The Morgan fingerprint density at radius 1 is 1.46 bits per heavy atom. The van der Waals surface area contributed by atoms with E-state index in [1.54, 1.807) is 6.92 Å². The van der Waals surface area contributed by atoms with E-state index in [4.69, 9.17) is 14.2 Å². The number of esters is 2. The van der Waals surface area contributed by atoms with Crippen LogP contribution in [0.15, 0.2) is 47.8 Å². The number of carbonyl (C=O) groups is 3. The van der Waals surface area contributed by atoms with Gasteiger partial charge in [0.15, 0.2) is 5.60 Å². The summed E-state index contributed by atoms with van der Waals surface area (Å²) in [7, 11) is 0. The van der Waals surface area contributed by atoms with Gasteiger partial charge in [0.25, 0.3) is 0 Å². The predicted molar refractivity (Wildman–Crippen MR) is 89.6 cm³/mol. The summed E-state index contributed by atoms with van der Waals surface area (Å²) >= 11 is 0. The monoisotopic (exact) mass is 360 g/mol. The molecular weight excluding hydrogens is 340 g/mol. The average Bonchev–Trinajstić information content (AvgIpc) is 3.01. The number of fused-ring (bicyclic) bond motifs is 3. The largest absolute Gasteiger partial charge is 0.479 e. The minimum atomic E-state index is -1.29. The Bertz CT molecular complexity index is 788. The van der Waals surface area contributed by atoms with Gasteiger partial charge in [0, 0.05) is 29.2 Å². The molecule has 3 rings (SSSR count). The number of hydrogen-bond acceptors (Lipinski definition) is 7. The second-order valence-corrected chi connectivity index (χ2v) is 6.90. The Morgan fingerprint density at radius 2 is 2.15 bits per heavy atom. The number of hydrogen-bond donors (Lipinski definition) is 1. The van der Waals surface area contributed by atoms with E-state index >= 15 is 0 Å². The molecule has 1 fully saturated rings. The van der Waals surface area contributed by atoms with Crippen molar-refractivity contribution >= 4 is 17.7 Å². The molecule has 0 aromatic carbocycles. The molecule has 7 heteroatoms. The van der Waals surface area contributed by atoms with Crippen LogP contribution in [0.5, 0.6) is 0 Å². The second-order valence-electron chi connectivity index (χ2n) is 6.90. The van der Waals surface area contributed by atoms with Crippen LogP contribution in [0.3, 0.4) is 0 Å². The quantitative estimate of drug-likeness (QED) is 0.595. The van der Waals surface area contributed by atoms with Crippen molar-refractivity contribution < 1.29 is 33.7 Å². The topological polar surface area (TPSA) is 99.1 Å². The molecule has 3 aliphatic rings. The molecule has 0 aromatic heterocycles. The molecule has 1 saturated heterocycles. The van der Waals surface area contributed by atoms with Crippen LogP contribution in [0.25, 0.3) is 0 Å². The third-order valence-electron chi connectivity index (χ3n) is 4.83. The van der Waals surface area contributed by atoms with Gasteiger partial charge in [0.1, 0.15) is 18.0 Å². The van der Waals surface area contributed by atoms with Crippen molar-refractivity contribution in [3.8, 4) is 0 Å². The van der Waals surface area contributed by atoms with Crippen molar-refractivity contribution in [2.45, 2.75) is 38.1 Å². The average molecular weight is 360 g/mol. The number of aliphatic hydroxyl groups is 1. The van der Waals surface area contributed by atoms with E-state index in [1.165, 1.54) is 19.1 Å². The van der Waals surface area contributed by atoms with E-state index in [0.717, 1.165) is 0 Å². The number of rotatable bonds is 3. The smallest absolute Gasteiger partial charge is 0.334 e. The van der Waals surface area contributed by atoms with Gasteiger partial charge in [-0.1, -0.05) is 13.2 Å². The van der Waals surface area contributed by atoms with Crippen molar-refractivity contribution in [3.63, 3.8) is 0 Å². The lowest BCUT2D eigenvalue weighted by molar-refractivity contribution is -0.153. The minimum absolute atomic E-state index is 0.00816. The molecular formula is C19H20O7. The molecule has 0 aromatic rings. The van der Waals surface area contributed by atoms with Crippen molar-refractivity contribution in [3.05, 3.63) is 47.8 Å². The Balaban J connectivity index is 2.09. The Kier molecular flexibility index (Phi) is 4.36. The number of ketones is 1. The molecule has 3 heterocycles. The van der Waals surface area contributed by atoms with Crippen LogP contribution >= 0.6 is 0 Å². The van der Waals surface area contributed by atoms with E-state index < -0.39 is 42.3 Å². The van der Waals surface area contributed by atoms with Crippen LogP contribution < -0.4 is 0 Å². The molecule has 0 radical (unpaired) electrons. The molecule has 138 valence electrons. The summed E-state index contributed by atoms with van der Waals surface area (Å²) in [6.45, 7) is 9.99. The number of aliphatic hydroxyl groups excluding tert-OH is 1. The lowest BCUT2D eigenvalue weighted by Gasteiger charge is -2.31. The van der Waals surface area contributed by atoms with Gasteiger partial charge in [0.2, 0.25) is 5.78 Å². The summed E-state index contributed by atoms with van der Waals surface area (Å²) < 4.78 is 16.6. The van der Waals surface area contributed by atoms with Crippen molar-refractivity contribution in [2.24, 2.45) is 5.92 Å². The van der Waals surface area contributed by atoms with Crippen LogP contribution in [0, 0.1) is 5.92 Å². The highest BCUT2D eigenvalue weighted by molar-refractivity contribution is 6.00. The molecule has 0 aliphatic carbocycles. The lowest BCUT2D eigenvalue weighted by Crippen LogP contribution is -2.42. The molecule has 26 heavy (non-hydrogen) atoms. The Hall–Kier alpha value is -2.67. The molecule has 0 amide bonds. The van der Waals surface area contributed by atoms with Crippen LogP contribution in [0.2, 0.25) is 0 Å². The first-order valence-electron chi connectivity index (χ1n) is 8.19. The zero-order valence-electron chi connectivity index (χ0n) is 14.6. The molecule has 0 unspecified atom stereocenters. The van der Waals surface area contributed by atoms with Gasteiger partial charge in [-0.3, -0.25) is 4.79 Å². The van der Waals surface area contributed by atoms with E-state index in [-0.39, 0.29) is 29.1 Å². The van der Waals surface area contributed by atoms with E-state index in [2.05, 4.69) is 13.2 Å². The fraction of sp³-hybridized carbons (Fsp3) is 0.421. The maximum atomic E-state index is 12.5. The van der Waals surface area contributed by atoms with Gasteiger partial charge in [-0.2, -0.15) is 0 Å². The van der Waals surface area contributed by atoms with Gasteiger partial charge < -0.3 is 19.3 Å². The Labute approximate surface area is 150 Å². The summed E-state index contributed by atoms with van der Waals surface area (Å²) in [6.07, 6.45) is 1.14. The fourth-order valence-electron chi connectivity index (χ4n) is 3.35. The summed E-state index contributed by atoms with van der Waals surface area (Å²) in [4.78, 5) is 36.6. The van der Waals surface area contributed by atoms with Crippen LogP contribution in [0.4, 0.5) is 0 Å². The highest BCUT2D eigenvalue weighted by Gasteiger charge is 2.52. The van der Waals surface area contributed by atoms with Crippen molar-refractivity contribution in [2.75, 3.05) is 6.61 Å². The predicted octanol–water partition coefficient (Wildman–Crippen LogP) is 1.14. The summed E-state index contributed by atoms with van der Waals surface area (Å²) in [5, 5.41) is 9.67.